The van der Waals surface area contributed by atoms with E-state index in [0.717, 1.165) is 0 Å². The fourth-order valence-electron chi connectivity index (χ4n) is 2.55. The number of aliphatic hydroxyl groups excluding tert-OH is 1. The van der Waals surface area contributed by atoms with Gasteiger partial charge in [-0.15, -0.1) is 0 Å². The van der Waals surface area contributed by atoms with Crippen LogP contribution >= 0.6 is 0 Å². The molecule has 1 saturated heterocycles. The van der Waals surface area contributed by atoms with E-state index >= 15 is 0 Å². The molecule has 1 aliphatic rings. The van der Waals surface area contributed by atoms with Gasteiger partial charge in [0.15, 0.2) is 0 Å². The van der Waals surface area contributed by atoms with Crippen LogP contribution in [0.5, 0.6) is 0 Å². The van der Waals surface area contributed by atoms with Gasteiger partial charge in [-0.3, -0.25) is 13.9 Å². The third-order valence-electron chi connectivity index (χ3n) is 3.53. The smallest absolute Gasteiger partial charge is 0.329 e. The first kappa shape index (κ1) is 14.3. The van der Waals surface area contributed by atoms with Crippen molar-refractivity contribution in [3.8, 4) is 0 Å². The molecule has 0 bridgehead atoms. The van der Waals surface area contributed by atoms with E-state index in [-0.39, 0.29) is 11.6 Å². The first-order valence-corrected chi connectivity index (χ1v) is 6.56. The molecule has 6 heteroatoms. The van der Waals surface area contributed by atoms with Gasteiger partial charge < -0.3 is 10.4 Å². The predicted molar refractivity (Wildman–Crippen MR) is 76.9 cm³/mol. The zero-order chi connectivity index (χ0) is 14.9. The van der Waals surface area contributed by atoms with Crippen LogP contribution in [0.1, 0.15) is 37.2 Å². The number of imidazole rings is 1. The molecule has 2 heterocycles. The Morgan fingerprint density at radius 3 is 2.60 bits per heavy atom. The summed E-state index contributed by atoms with van der Waals surface area (Å²) in [7, 11) is 1.66. The summed E-state index contributed by atoms with van der Waals surface area (Å²) in [6.45, 7) is 5.60. The molecule has 0 aliphatic carbocycles. The van der Waals surface area contributed by atoms with Crippen LogP contribution in [0.4, 0.5) is 0 Å². The molecule has 2 N–H and O–H groups in total. The van der Waals surface area contributed by atoms with Crippen molar-refractivity contribution in [1.29, 1.82) is 0 Å². The molecule has 1 amide bonds. The van der Waals surface area contributed by atoms with Gasteiger partial charge in [0.25, 0.3) is 0 Å². The van der Waals surface area contributed by atoms with E-state index in [0.29, 0.717) is 24.2 Å². The minimum Gasteiger partial charge on any atom is -0.374 e. The van der Waals surface area contributed by atoms with Crippen molar-refractivity contribution in [2.75, 3.05) is 0 Å². The van der Waals surface area contributed by atoms with Crippen molar-refractivity contribution < 1.29 is 9.90 Å². The Hall–Kier alpha value is -2.08. The molecule has 20 heavy (non-hydrogen) atoms. The van der Waals surface area contributed by atoms with Crippen LogP contribution < -0.4 is 11.0 Å². The molecule has 1 aromatic rings. The van der Waals surface area contributed by atoms with E-state index in [1.807, 2.05) is 19.1 Å². The Kier molecular flexibility index (Phi) is 3.94. The van der Waals surface area contributed by atoms with Gasteiger partial charge >= 0.3 is 5.69 Å². The SMILES string of the molecule is C=Cc1c(/C=C\C)n(C)c(=O)n1C1CCC(O)NC1=O. The lowest BCUT2D eigenvalue weighted by atomic mass is 10.0. The fourth-order valence-corrected chi connectivity index (χ4v) is 2.55. The number of aliphatic hydroxyl groups is 1. The summed E-state index contributed by atoms with van der Waals surface area (Å²) in [5.74, 6) is -0.341. The van der Waals surface area contributed by atoms with Gasteiger partial charge in [0.1, 0.15) is 12.3 Å². The number of aromatic nitrogens is 2. The second-order valence-electron chi connectivity index (χ2n) is 4.80. The van der Waals surface area contributed by atoms with Crippen LogP contribution in [-0.2, 0) is 11.8 Å². The molecule has 2 unspecified atom stereocenters. The molecule has 1 aliphatic heterocycles. The third kappa shape index (κ3) is 2.22. The van der Waals surface area contributed by atoms with Crippen LogP contribution in [0.25, 0.3) is 12.2 Å². The fraction of sp³-hybridized carbons (Fsp3) is 0.429. The van der Waals surface area contributed by atoms with Crippen molar-refractivity contribution in [2.24, 2.45) is 7.05 Å². The van der Waals surface area contributed by atoms with E-state index < -0.39 is 12.3 Å². The van der Waals surface area contributed by atoms with Gasteiger partial charge in [-0.05, 0) is 31.9 Å². The molecule has 1 fully saturated rings. The van der Waals surface area contributed by atoms with Gasteiger partial charge in [0, 0.05) is 7.05 Å². The van der Waals surface area contributed by atoms with Crippen molar-refractivity contribution in [3.05, 3.63) is 34.5 Å². The summed E-state index contributed by atoms with van der Waals surface area (Å²) in [6, 6.07) is -0.607. The van der Waals surface area contributed by atoms with E-state index in [2.05, 4.69) is 11.9 Å². The standard InChI is InChI=1S/C14H19N3O3/c1-4-6-10-9(5-2)17(14(20)16(10)3)11-7-8-12(18)15-13(11)19/h4-6,11-12,18H,2,7-8H2,1,3H3,(H,15,19)/b6-4-. The van der Waals surface area contributed by atoms with Crippen molar-refractivity contribution in [3.63, 3.8) is 0 Å². The third-order valence-corrected chi connectivity index (χ3v) is 3.53. The molecule has 2 atom stereocenters. The van der Waals surface area contributed by atoms with Gasteiger partial charge in [-0.1, -0.05) is 12.7 Å². The van der Waals surface area contributed by atoms with Crippen LogP contribution in [0.2, 0.25) is 0 Å². The van der Waals surface area contributed by atoms with E-state index in [1.54, 1.807) is 13.1 Å². The first-order chi connectivity index (χ1) is 9.51. The number of rotatable bonds is 3. The minimum atomic E-state index is -0.833. The number of nitrogens with zero attached hydrogens (tertiary/aromatic N) is 2. The molecule has 0 saturated carbocycles. The van der Waals surface area contributed by atoms with Crippen molar-refractivity contribution in [1.82, 2.24) is 14.5 Å². The molecular weight excluding hydrogens is 258 g/mol. The molecule has 0 aromatic carbocycles. The average molecular weight is 277 g/mol. The summed E-state index contributed by atoms with van der Waals surface area (Å²) in [5, 5.41) is 11.9. The van der Waals surface area contributed by atoms with E-state index in [1.165, 1.54) is 9.13 Å². The van der Waals surface area contributed by atoms with Gasteiger partial charge in [-0.25, -0.2) is 4.79 Å². The normalized spacial score (nSPS) is 23.1. The summed E-state index contributed by atoms with van der Waals surface area (Å²) < 4.78 is 2.94. The highest BCUT2D eigenvalue weighted by Crippen LogP contribution is 2.23. The van der Waals surface area contributed by atoms with E-state index in [4.69, 9.17) is 0 Å². The highest BCUT2D eigenvalue weighted by molar-refractivity contribution is 5.81. The summed E-state index contributed by atoms with van der Waals surface area (Å²) in [6.07, 6.45) is 5.23. The van der Waals surface area contributed by atoms with Crippen LogP contribution in [0.3, 0.4) is 0 Å². The van der Waals surface area contributed by atoms with Crippen molar-refractivity contribution >= 4 is 18.1 Å². The first-order valence-electron chi connectivity index (χ1n) is 6.56. The lowest BCUT2D eigenvalue weighted by Crippen LogP contribution is -2.47. The molecule has 6 nitrogen and oxygen atoms in total. The number of carbonyl (C=O) groups excluding carboxylic acids is 1. The lowest BCUT2D eigenvalue weighted by Gasteiger charge is -2.27. The maximum Gasteiger partial charge on any atom is 0.329 e. The quantitative estimate of drug-likeness (QED) is 0.851. The summed E-state index contributed by atoms with van der Waals surface area (Å²) >= 11 is 0. The highest BCUT2D eigenvalue weighted by atomic mass is 16.3. The highest BCUT2D eigenvalue weighted by Gasteiger charge is 2.31. The molecular formula is C14H19N3O3. The topological polar surface area (TPSA) is 76.3 Å². The molecule has 108 valence electrons. The Balaban J connectivity index is 2.57. The summed E-state index contributed by atoms with van der Waals surface area (Å²) in [5.41, 5.74) is 1.07. The number of allylic oxidation sites excluding steroid dienone is 1. The van der Waals surface area contributed by atoms with Gasteiger partial charge in [0.2, 0.25) is 5.91 Å². The number of nitrogens with one attached hydrogen (secondary N) is 1. The number of piperidine rings is 1. The Labute approximate surface area is 117 Å². The Morgan fingerprint density at radius 1 is 1.35 bits per heavy atom. The number of carbonyl (C=O) groups is 1. The van der Waals surface area contributed by atoms with Crippen molar-refractivity contribution in [2.45, 2.75) is 32.0 Å². The lowest BCUT2D eigenvalue weighted by molar-refractivity contribution is -0.130. The second-order valence-corrected chi connectivity index (χ2v) is 4.80. The Bertz CT molecular complexity index is 624. The van der Waals surface area contributed by atoms with Crippen LogP contribution in [-0.4, -0.2) is 26.4 Å². The number of hydrogen-bond donors (Lipinski definition) is 2. The molecule has 2 rings (SSSR count). The molecule has 0 spiro atoms. The average Bonchev–Trinajstić information content (AvgIpc) is 2.64. The predicted octanol–water partition coefficient (Wildman–Crippen LogP) is 0.632. The second kappa shape index (κ2) is 5.50. The van der Waals surface area contributed by atoms with Crippen LogP contribution in [0, 0.1) is 0 Å². The van der Waals surface area contributed by atoms with E-state index in [9.17, 15) is 14.7 Å². The van der Waals surface area contributed by atoms with Gasteiger partial charge in [0.05, 0.1) is 11.4 Å². The molecule has 0 radical (unpaired) electrons. The monoisotopic (exact) mass is 277 g/mol. The number of amides is 1. The van der Waals surface area contributed by atoms with Crippen LogP contribution in [0.15, 0.2) is 17.4 Å². The zero-order valence-corrected chi connectivity index (χ0v) is 11.7. The number of hydrogen-bond acceptors (Lipinski definition) is 3. The Morgan fingerprint density at radius 2 is 2.05 bits per heavy atom. The maximum atomic E-state index is 12.4. The largest absolute Gasteiger partial charge is 0.374 e. The minimum absolute atomic E-state index is 0.260. The zero-order valence-electron chi connectivity index (χ0n) is 11.7. The molecule has 1 aromatic heterocycles. The van der Waals surface area contributed by atoms with Gasteiger partial charge in [-0.2, -0.15) is 0 Å². The summed E-state index contributed by atoms with van der Waals surface area (Å²) in [4.78, 5) is 24.4. The maximum absolute atomic E-state index is 12.4.